The number of likely N-dealkylation sites (N-methyl/N-ethyl adjacent to an activating group) is 1. The molecular formula is C12H21N3O3S. The van der Waals surface area contributed by atoms with Crippen LogP contribution in [0, 0.1) is 13.8 Å². The number of rotatable bonds is 6. The van der Waals surface area contributed by atoms with Crippen LogP contribution in [0.15, 0.2) is 17.0 Å². The zero-order valence-electron chi connectivity index (χ0n) is 11.7. The molecule has 0 atom stereocenters. The summed E-state index contributed by atoms with van der Waals surface area (Å²) in [4.78, 5) is 0.324. The van der Waals surface area contributed by atoms with Gasteiger partial charge < -0.3 is 10.2 Å². The maximum Gasteiger partial charge on any atom is 0.243 e. The number of aryl methyl sites for hydroxylation is 2. The van der Waals surface area contributed by atoms with E-state index in [2.05, 4.69) is 5.43 Å². The van der Waals surface area contributed by atoms with Crippen LogP contribution in [0.3, 0.4) is 0 Å². The van der Waals surface area contributed by atoms with Crippen molar-refractivity contribution < 1.29 is 13.2 Å². The van der Waals surface area contributed by atoms with Crippen molar-refractivity contribution >= 4 is 15.7 Å². The average molecular weight is 287 g/mol. The van der Waals surface area contributed by atoms with Gasteiger partial charge in [-0.2, -0.15) is 4.31 Å². The van der Waals surface area contributed by atoms with Gasteiger partial charge in [-0.1, -0.05) is 0 Å². The lowest BCUT2D eigenvalue weighted by atomic mass is 10.1. The second-order valence-corrected chi connectivity index (χ2v) is 6.38. The predicted octanol–water partition coefficient (Wildman–Crippen LogP) is 0.856. The molecule has 0 aliphatic heterocycles. The molecule has 0 fully saturated rings. The smallest absolute Gasteiger partial charge is 0.243 e. The Kier molecular flexibility index (Phi) is 5.30. The summed E-state index contributed by atoms with van der Waals surface area (Å²) in [6, 6.07) is 3.42. The van der Waals surface area contributed by atoms with Crippen molar-refractivity contribution in [3.63, 3.8) is 0 Å². The highest BCUT2D eigenvalue weighted by atomic mass is 32.2. The molecule has 19 heavy (non-hydrogen) atoms. The minimum Gasteiger partial charge on any atom is -0.383 e. The third kappa shape index (κ3) is 3.44. The maximum absolute atomic E-state index is 12.5. The lowest BCUT2D eigenvalue weighted by Gasteiger charge is -2.20. The summed E-state index contributed by atoms with van der Waals surface area (Å²) in [5.41, 5.74) is 4.54. The van der Waals surface area contributed by atoms with E-state index in [1.807, 2.05) is 0 Å². The fourth-order valence-corrected chi connectivity index (χ4v) is 3.49. The van der Waals surface area contributed by atoms with Crippen molar-refractivity contribution in [3.05, 3.63) is 23.3 Å². The van der Waals surface area contributed by atoms with Crippen LogP contribution in [0.5, 0.6) is 0 Å². The number of nitrogens with zero attached hydrogens (tertiary/aromatic N) is 1. The van der Waals surface area contributed by atoms with Crippen LogP contribution in [-0.4, -0.2) is 40.0 Å². The van der Waals surface area contributed by atoms with Gasteiger partial charge in [0.05, 0.1) is 11.5 Å². The first-order valence-corrected chi connectivity index (χ1v) is 7.31. The topological polar surface area (TPSA) is 84.7 Å². The van der Waals surface area contributed by atoms with Gasteiger partial charge in [-0.15, -0.1) is 0 Å². The average Bonchev–Trinajstić information content (AvgIpc) is 2.34. The molecule has 6 nitrogen and oxygen atoms in total. The van der Waals surface area contributed by atoms with Gasteiger partial charge in [0.1, 0.15) is 0 Å². The number of nitrogens with one attached hydrogen (secondary N) is 1. The van der Waals surface area contributed by atoms with E-state index in [-0.39, 0.29) is 0 Å². The second-order valence-electron chi connectivity index (χ2n) is 4.40. The van der Waals surface area contributed by atoms with Crippen LogP contribution < -0.4 is 11.3 Å². The molecule has 0 bridgehead atoms. The Morgan fingerprint density at radius 1 is 1.32 bits per heavy atom. The number of hydrazine groups is 1. The molecule has 1 rings (SSSR count). The molecule has 1 aromatic rings. The minimum atomic E-state index is -3.51. The molecule has 0 heterocycles. The summed E-state index contributed by atoms with van der Waals surface area (Å²) in [6.07, 6.45) is 0. The number of benzene rings is 1. The molecule has 0 saturated carbocycles. The first-order valence-electron chi connectivity index (χ1n) is 5.87. The van der Waals surface area contributed by atoms with Crippen molar-refractivity contribution in [2.75, 3.05) is 32.7 Å². The Labute approximate surface area is 114 Å². The van der Waals surface area contributed by atoms with Gasteiger partial charge in [-0.05, 0) is 37.1 Å². The number of hydrogen-bond donors (Lipinski definition) is 2. The number of nitrogen functional groups attached to an aromatic ring is 1. The predicted molar refractivity (Wildman–Crippen MR) is 75.4 cm³/mol. The zero-order valence-corrected chi connectivity index (χ0v) is 12.5. The molecule has 0 aromatic heterocycles. The van der Waals surface area contributed by atoms with E-state index in [1.165, 1.54) is 4.31 Å². The van der Waals surface area contributed by atoms with Crippen molar-refractivity contribution in [2.24, 2.45) is 5.84 Å². The highest BCUT2D eigenvalue weighted by molar-refractivity contribution is 7.89. The van der Waals surface area contributed by atoms with Crippen LogP contribution >= 0.6 is 0 Å². The van der Waals surface area contributed by atoms with Crippen LogP contribution in [0.1, 0.15) is 11.1 Å². The fraction of sp³-hybridized carbons (Fsp3) is 0.500. The van der Waals surface area contributed by atoms with Crippen molar-refractivity contribution in [1.82, 2.24) is 4.31 Å². The minimum absolute atomic E-state index is 0.314. The van der Waals surface area contributed by atoms with Crippen LogP contribution in [0.4, 0.5) is 5.69 Å². The second kappa shape index (κ2) is 6.33. The molecule has 0 aliphatic carbocycles. The molecule has 0 radical (unpaired) electrons. The van der Waals surface area contributed by atoms with Gasteiger partial charge in [0.15, 0.2) is 0 Å². The highest BCUT2D eigenvalue weighted by Gasteiger charge is 2.24. The standard InChI is InChI=1S/C12H21N3O3S/c1-9-7-11(14-13)8-10(2)12(9)19(16,17)15(3)5-6-18-4/h7-8,14H,5-6,13H2,1-4H3. The lowest BCUT2D eigenvalue weighted by Crippen LogP contribution is -2.31. The van der Waals surface area contributed by atoms with Crippen molar-refractivity contribution in [1.29, 1.82) is 0 Å². The van der Waals surface area contributed by atoms with E-state index in [4.69, 9.17) is 10.6 Å². The third-order valence-electron chi connectivity index (χ3n) is 2.91. The van der Waals surface area contributed by atoms with E-state index in [0.717, 1.165) is 0 Å². The maximum atomic E-state index is 12.5. The molecule has 1 aromatic carbocycles. The Balaban J connectivity index is 3.22. The summed E-state index contributed by atoms with van der Waals surface area (Å²) in [5.74, 6) is 5.35. The van der Waals surface area contributed by atoms with Gasteiger partial charge in [-0.25, -0.2) is 8.42 Å². The monoisotopic (exact) mass is 287 g/mol. The first kappa shape index (κ1) is 15.9. The summed E-state index contributed by atoms with van der Waals surface area (Å²) in [7, 11) is -0.428. The first-order chi connectivity index (χ1) is 8.84. The molecule has 0 spiro atoms. The van der Waals surface area contributed by atoms with Gasteiger partial charge in [0, 0.05) is 26.4 Å². The molecule has 0 amide bonds. The normalized spacial score (nSPS) is 11.9. The van der Waals surface area contributed by atoms with Gasteiger partial charge in [-0.3, -0.25) is 5.84 Å². The highest BCUT2D eigenvalue weighted by Crippen LogP contribution is 2.26. The zero-order chi connectivity index (χ0) is 14.6. The number of sulfonamides is 1. The van der Waals surface area contributed by atoms with Crippen molar-refractivity contribution in [3.8, 4) is 0 Å². The van der Waals surface area contributed by atoms with Gasteiger partial charge in [0.25, 0.3) is 0 Å². The number of hydrogen-bond acceptors (Lipinski definition) is 5. The molecule has 108 valence electrons. The van der Waals surface area contributed by atoms with Crippen LogP contribution in [-0.2, 0) is 14.8 Å². The van der Waals surface area contributed by atoms with Crippen LogP contribution in [0.2, 0.25) is 0 Å². The van der Waals surface area contributed by atoms with E-state index in [0.29, 0.717) is 34.9 Å². The summed E-state index contributed by atoms with van der Waals surface area (Å²) >= 11 is 0. The fourth-order valence-electron chi connectivity index (χ4n) is 1.94. The van der Waals surface area contributed by atoms with E-state index in [9.17, 15) is 8.42 Å². The van der Waals surface area contributed by atoms with Gasteiger partial charge >= 0.3 is 0 Å². The molecular weight excluding hydrogens is 266 g/mol. The largest absolute Gasteiger partial charge is 0.383 e. The molecule has 0 aliphatic rings. The molecule has 3 N–H and O–H groups in total. The van der Waals surface area contributed by atoms with E-state index < -0.39 is 10.0 Å². The lowest BCUT2D eigenvalue weighted by molar-refractivity contribution is 0.185. The summed E-state index contributed by atoms with van der Waals surface area (Å²) < 4.78 is 31.2. The quantitative estimate of drug-likeness (QED) is 0.598. The molecule has 7 heteroatoms. The Morgan fingerprint density at radius 3 is 2.26 bits per heavy atom. The Hall–Kier alpha value is -1.15. The Bertz CT molecular complexity index is 520. The molecule has 0 saturated heterocycles. The van der Waals surface area contributed by atoms with Crippen LogP contribution in [0.25, 0.3) is 0 Å². The van der Waals surface area contributed by atoms with Crippen molar-refractivity contribution in [2.45, 2.75) is 18.7 Å². The summed E-state index contributed by atoms with van der Waals surface area (Å²) in [6.45, 7) is 4.18. The molecule has 0 unspecified atom stereocenters. The van der Waals surface area contributed by atoms with E-state index in [1.54, 1.807) is 40.1 Å². The number of methoxy groups -OCH3 is 1. The van der Waals surface area contributed by atoms with Gasteiger partial charge in [0.2, 0.25) is 10.0 Å². The van der Waals surface area contributed by atoms with E-state index >= 15 is 0 Å². The number of anilines is 1. The number of ether oxygens (including phenoxy) is 1. The summed E-state index contributed by atoms with van der Waals surface area (Å²) in [5, 5.41) is 0. The number of nitrogens with two attached hydrogens (primary N) is 1. The SMILES string of the molecule is COCCN(C)S(=O)(=O)c1c(C)cc(NN)cc1C. The third-order valence-corrected chi connectivity index (χ3v) is 5.07. The Morgan fingerprint density at radius 2 is 1.84 bits per heavy atom.